The minimum Gasteiger partial charge on any atom is -0.369 e. The maximum atomic E-state index is 13.7. The standard InChI is InChI=1S/C25H24F3N7OS/c1-16-3-4-19(12-22(16)35-14-21(31-32-35)23-13-29-15-37-23)30-24(36)17-9-18(25(26,27)28)11-20(10-17)34-7-5-33(2)6-8-34/h3-4,9-15H,5-8H2,1-2H3,(H,30,36). The van der Waals surface area contributed by atoms with Gasteiger partial charge in [-0.3, -0.25) is 9.78 Å². The second-order valence-electron chi connectivity index (χ2n) is 8.93. The van der Waals surface area contributed by atoms with Crippen LogP contribution in [-0.2, 0) is 6.18 Å². The summed E-state index contributed by atoms with van der Waals surface area (Å²) in [6.07, 6.45) is -1.11. The van der Waals surface area contributed by atoms with Crippen molar-refractivity contribution in [2.75, 3.05) is 43.4 Å². The monoisotopic (exact) mass is 527 g/mol. The average molecular weight is 528 g/mol. The summed E-state index contributed by atoms with van der Waals surface area (Å²) in [7, 11) is 1.97. The molecule has 1 fully saturated rings. The lowest BCUT2D eigenvalue weighted by Crippen LogP contribution is -2.44. The molecule has 2 aromatic carbocycles. The van der Waals surface area contributed by atoms with Crippen molar-refractivity contribution in [1.82, 2.24) is 24.9 Å². The fourth-order valence-electron chi connectivity index (χ4n) is 4.13. The van der Waals surface area contributed by atoms with Crippen LogP contribution in [-0.4, -0.2) is 64.0 Å². The molecule has 192 valence electrons. The second kappa shape index (κ2) is 9.94. The summed E-state index contributed by atoms with van der Waals surface area (Å²) in [4.78, 5) is 22.0. The lowest BCUT2D eigenvalue weighted by atomic mass is 10.1. The Morgan fingerprint density at radius 3 is 2.57 bits per heavy atom. The molecule has 3 heterocycles. The van der Waals surface area contributed by atoms with Gasteiger partial charge in [0.2, 0.25) is 0 Å². The van der Waals surface area contributed by atoms with E-state index in [0.717, 1.165) is 35.7 Å². The van der Waals surface area contributed by atoms with Gasteiger partial charge in [0, 0.05) is 49.3 Å². The number of carbonyl (C=O) groups excluding carboxylic acids is 1. The number of alkyl halides is 3. The average Bonchev–Trinajstić information content (AvgIpc) is 3.57. The highest BCUT2D eigenvalue weighted by molar-refractivity contribution is 7.13. The number of piperazine rings is 1. The first kappa shape index (κ1) is 24.9. The molecule has 5 rings (SSSR count). The maximum absolute atomic E-state index is 13.7. The van der Waals surface area contributed by atoms with Gasteiger partial charge in [0.1, 0.15) is 5.69 Å². The number of hydrogen-bond acceptors (Lipinski definition) is 7. The molecule has 0 spiro atoms. The summed E-state index contributed by atoms with van der Waals surface area (Å²) in [6, 6.07) is 8.74. The molecular weight excluding hydrogens is 503 g/mol. The fourth-order valence-corrected chi connectivity index (χ4v) is 4.70. The fraction of sp³-hybridized carbons (Fsp3) is 0.280. The van der Waals surface area contributed by atoms with Crippen LogP contribution in [0.4, 0.5) is 24.5 Å². The van der Waals surface area contributed by atoms with E-state index < -0.39 is 17.6 Å². The zero-order valence-corrected chi connectivity index (χ0v) is 21.0. The molecule has 1 aliphatic rings. The van der Waals surface area contributed by atoms with Crippen LogP contribution >= 0.6 is 11.3 Å². The number of hydrogen-bond donors (Lipinski definition) is 1. The van der Waals surface area contributed by atoms with E-state index in [1.807, 2.05) is 18.9 Å². The highest BCUT2D eigenvalue weighted by Gasteiger charge is 2.32. The maximum Gasteiger partial charge on any atom is 0.416 e. The van der Waals surface area contributed by atoms with Crippen LogP contribution in [0, 0.1) is 6.92 Å². The van der Waals surface area contributed by atoms with E-state index in [0.29, 0.717) is 35.8 Å². The summed E-state index contributed by atoms with van der Waals surface area (Å²) < 4.78 is 42.6. The third-order valence-corrected chi connectivity index (χ3v) is 7.06. The SMILES string of the molecule is Cc1ccc(NC(=O)c2cc(N3CCN(C)CC3)cc(C(F)(F)F)c2)cc1-n1cc(-c2cncs2)nn1. The van der Waals surface area contributed by atoms with Crippen molar-refractivity contribution in [3.05, 3.63) is 71.0 Å². The molecule has 2 aromatic heterocycles. The first-order chi connectivity index (χ1) is 17.7. The van der Waals surface area contributed by atoms with Gasteiger partial charge in [0.05, 0.1) is 27.8 Å². The first-order valence-electron chi connectivity index (χ1n) is 11.6. The van der Waals surface area contributed by atoms with Crippen molar-refractivity contribution < 1.29 is 18.0 Å². The van der Waals surface area contributed by atoms with Crippen molar-refractivity contribution in [3.8, 4) is 16.3 Å². The molecular formula is C25H24F3N7OS. The number of carbonyl (C=O) groups is 1. The van der Waals surface area contributed by atoms with Gasteiger partial charge in [-0.25, -0.2) is 4.68 Å². The van der Waals surface area contributed by atoms with Gasteiger partial charge in [-0.05, 0) is 49.9 Å². The number of thiazole rings is 1. The number of halogens is 3. The van der Waals surface area contributed by atoms with E-state index in [4.69, 9.17) is 0 Å². The highest BCUT2D eigenvalue weighted by atomic mass is 32.1. The first-order valence-corrected chi connectivity index (χ1v) is 12.4. The molecule has 0 radical (unpaired) electrons. The van der Waals surface area contributed by atoms with Crippen molar-refractivity contribution in [2.24, 2.45) is 0 Å². The minimum atomic E-state index is -4.57. The number of nitrogens with zero attached hydrogens (tertiary/aromatic N) is 6. The lowest BCUT2D eigenvalue weighted by molar-refractivity contribution is -0.137. The molecule has 1 aliphatic heterocycles. The van der Waals surface area contributed by atoms with Gasteiger partial charge < -0.3 is 15.1 Å². The lowest BCUT2D eigenvalue weighted by Gasteiger charge is -2.34. The van der Waals surface area contributed by atoms with Gasteiger partial charge in [0.25, 0.3) is 5.91 Å². The Morgan fingerprint density at radius 1 is 1.08 bits per heavy atom. The third kappa shape index (κ3) is 5.49. The number of rotatable bonds is 5. The van der Waals surface area contributed by atoms with Crippen LogP contribution in [0.15, 0.2) is 54.3 Å². The Kier molecular flexibility index (Phi) is 6.69. The summed E-state index contributed by atoms with van der Waals surface area (Å²) in [6.45, 7) is 4.53. The second-order valence-corrected chi connectivity index (χ2v) is 9.81. The summed E-state index contributed by atoms with van der Waals surface area (Å²) >= 11 is 1.44. The molecule has 0 unspecified atom stereocenters. The quantitative estimate of drug-likeness (QED) is 0.405. The van der Waals surface area contributed by atoms with E-state index in [2.05, 4.69) is 25.5 Å². The molecule has 0 saturated carbocycles. The van der Waals surface area contributed by atoms with Gasteiger partial charge in [0.15, 0.2) is 0 Å². The van der Waals surface area contributed by atoms with Crippen LogP contribution < -0.4 is 10.2 Å². The molecule has 12 heteroatoms. The summed E-state index contributed by atoms with van der Waals surface area (Å²) in [5.41, 5.74) is 3.85. The molecule has 0 atom stereocenters. The largest absolute Gasteiger partial charge is 0.416 e. The van der Waals surface area contributed by atoms with Crippen LogP contribution in [0.3, 0.4) is 0 Å². The normalized spacial score (nSPS) is 14.7. The van der Waals surface area contributed by atoms with E-state index in [1.165, 1.54) is 17.4 Å². The topological polar surface area (TPSA) is 79.2 Å². The Balaban J connectivity index is 1.42. The predicted octanol–water partition coefficient (Wildman–Crippen LogP) is 4.72. The molecule has 8 nitrogen and oxygen atoms in total. The Bertz CT molecular complexity index is 1410. The predicted molar refractivity (Wildman–Crippen MR) is 136 cm³/mol. The smallest absolute Gasteiger partial charge is 0.369 e. The zero-order valence-electron chi connectivity index (χ0n) is 20.2. The number of amides is 1. The number of benzene rings is 2. The van der Waals surface area contributed by atoms with Gasteiger partial charge in [-0.2, -0.15) is 13.2 Å². The van der Waals surface area contributed by atoms with Crippen molar-refractivity contribution in [1.29, 1.82) is 0 Å². The van der Waals surface area contributed by atoms with E-state index in [-0.39, 0.29) is 5.56 Å². The number of aryl methyl sites for hydroxylation is 1. The molecule has 1 saturated heterocycles. The van der Waals surface area contributed by atoms with Crippen molar-refractivity contribution in [2.45, 2.75) is 13.1 Å². The van der Waals surface area contributed by atoms with Gasteiger partial charge >= 0.3 is 6.18 Å². The van der Waals surface area contributed by atoms with Crippen LogP contribution in [0.25, 0.3) is 16.3 Å². The minimum absolute atomic E-state index is 0.0564. The van der Waals surface area contributed by atoms with Gasteiger partial charge in [-0.15, -0.1) is 16.4 Å². The molecule has 1 N–H and O–H groups in total. The Labute approximate surface area is 215 Å². The van der Waals surface area contributed by atoms with Crippen LogP contribution in [0.1, 0.15) is 21.5 Å². The van der Waals surface area contributed by atoms with E-state index in [1.54, 1.807) is 40.8 Å². The summed E-state index contributed by atoms with van der Waals surface area (Å²) in [5.74, 6) is -0.625. The molecule has 0 aliphatic carbocycles. The third-order valence-electron chi connectivity index (χ3n) is 6.27. The Morgan fingerprint density at radius 2 is 1.86 bits per heavy atom. The molecule has 4 aromatic rings. The van der Waals surface area contributed by atoms with Crippen LogP contribution in [0.5, 0.6) is 0 Å². The molecule has 1 amide bonds. The molecule has 37 heavy (non-hydrogen) atoms. The number of anilines is 2. The van der Waals surface area contributed by atoms with Gasteiger partial charge in [-0.1, -0.05) is 11.3 Å². The number of likely N-dealkylation sites (N-methyl/N-ethyl adjacent to an activating group) is 1. The van der Waals surface area contributed by atoms with E-state index in [9.17, 15) is 18.0 Å². The van der Waals surface area contributed by atoms with Crippen molar-refractivity contribution in [3.63, 3.8) is 0 Å². The Hall–Kier alpha value is -3.77. The number of nitrogens with one attached hydrogen (secondary N) is 1. The van der Waals surface area contributed by atoms with Crippen molar-refractivity contribution >= 4 is 28.6 Å². The van der Waals surface area contributed by atoms with E-state index >= 15 is 0 Å². The van der Waals surface area contributed by atoms with Crippen LogP contribution in [0.2, 0.25) is 0 Å². The highest BCUT2D eigenvalue weighted by Crippen LogP contribution is 2.34. The zero-order chi connectivity index (χ0) is 26.2. The molecule has 0 bridgehead atoms. The summed E-state index contributed by atoms with van der Waals surface area (Å²) in [5, 5.41) is 11.1. The number of aromatic nitrogens is 4.